The minimum atomic E-state index is -0.544. The molecule has 0 aliphatic heterocycles. The zero-order chi connectivity index (χ0) is 14.8. The van der Waals surface area contributed by atoms with E-state index in [9.17, 15) is 9.18 Å². The molecule has 0 aromatic heterocycles. The standard InChI is InChI=1S/C15H20ClFN2O/c1-19(2)15(7-3-4-8-15)10-18-14(20)12-9-11(16)5-6-13(12)17/h5-6,9H,3-4,7-8,10H2,1-2H3,(H,18,20). The summed E-state index contributed by atoms with van der Waals surface area (Å²) in [4.78, 5) is 14.3. The number of halogens is 2. The van der Waals surface area contributed by atoms with Crippen molar-refractivity contribution in [2.24, 2.45) is 0 Å². The lowest BCUT2D eigenvalue weighted by Crippen LogP contribution is -2.50. The van der Waals surface area contributed by atoms with Gasteiger partial charge in [0.25, 0.3) is 5.91 Å². The highest BCUT2D eigenvalue weighted by Gasteiger charge is 2.36. The number of benzene rings is 1. The zero-order valence-electron chi connectivity index (χ0n) is 11.9. The fourth-order valence-corrected chi connectivity index (χ4v) is 3.00. The van der Waals surface area contributed by atoms with Crippen molar-refractivity contribution >= 4 is 17.5 Å². The first-order chi connectivity index (χ1) is 9.44. The predicted molar refractivity (Wildman–Crippen MR) is 78.6 cm³/mol. The van der Waals surface area contributed by atoms with Crippen LogP contribution in [0.2, 0.25) is 5.02 Å². The third-order valence-electron chi connectivity index (χ3n) is 4.23. The Balaban J connectivity index is 2.06. The van der Waals surface area contributed by atoms with Crippen LogP contribution in [0.25, 0.3) is 0 Å². The number of hydrogen-bond donors (Lipinski definition) is 1. The molecule has 1 saturated carbocycles. The van der Waals surface area contributed by atoms with Crippen molar-refractivity contribution in [3.05, 3.63) is 34.6 Å². The lowest BCUT2D eigenvalue weighted by atomic mass is 9.96. The molecule has 1 amide bonds. The molecule has 1 aromatic carbocycles. The molecule has 0 atom stereocenters. The van der Waals surface area contributed by atoms with Crippen LogP contribution in [-0.4, -0.2) is 37.0 Å². The molecule has 2 rings (SSSR count). The molecule has 1 aliphatic rings. The highest BCUT2D eigenvalue weighted by atomic mass is 35.5. The van der Waals surface area contributed by atoms with Gasteiger partial charge in [0.2, 0.25) is 0 Å². The number of carbonyl (C=O) groups excluding carboxylic acids is 1. The average molecular weight is 299 g/mol. The van der Waals surface area contributed by atoms with Gasteiger partial charge in [-0.3, -0.25) is 4.79 Å². The van der Waals surface area contributed by atoms with Gasteiger partial charge in [-0.2, -0.15) is 0 Å². The quantitative estimate of drug-likeness (QED) is 0.926. The highest BCUT2D eigenvalue weighted by molar-refractivity contribution is 6.31. The number of nitrogens with zero attached hydrogens (tertiary/aromatic N) is 1. The summed E-state index contributed by atoms with van der Waals surface area (Å²) in [5.74, 6) is -0.949. The fourth-order valence-electron chi connectivity index (χ4n) is 2.83. The van der Waals surface area contributed by atoms with Crippen molar-refractivity contribution in [1.82, 2.24) is 10.2 Å². The van der Waals surface area contributed by atoms with Gasteiger partial charge in [0.05, 0.1) is 5.56 Å². The first-order valence-corrected chi connectivity index (χ1v) is 7.23. The van der Waals surface area contributed by atoms with Gasteiger partial charge in [0.1, 0.15) is 5.82 Å². The van der Waals surface area contributed by atoms with Gasteiger partial charge in [0, 0.05) is 17.1 Å². The van der Waals surface area contributed by atoms with Crippen LogP contribution in [0.1, 0.15) is 36.0 Å². The minimum Gasteiger partial charge on any atom is -0.350 e. The van der Waals surface area contributed by atoms with E-state index in [1.54, 1.807) is 0 Å². The molecular formula is C15H20ClFN2O. The summed E-state index contributed by atoms with van der Waals surface area (Å²) in [6, 6.07) is 4.02. The van der Waals surface area contributed by atoms with E-state index in [0.29, 0.717) is 11.6 Å². The number of amides is 1. The topological polar surface area (TPSA) is 32.3 Å². The van der Waals surface area contributed by atoms with E-state index >= 15 is 0 Å². The van der Waals surface area contributed by atoms with Gasteiger partial charge in [-0.1, -0.05) is 24.4 Å². The van der Waals surface area contributed by atoms with Gasteiger partial charge in [0.15, 0.2) is 0 Å². The molecule has 0 spiro atoms. The molecule has 1 aromatic rings. The minimum absolute atomic E-state index is 0.00408. The Kier molecular flexibility index (Phi) is 4.66. The van der Waals surface area contributed by atoms with Crippen LogP contribution >= 0.6 is 11.6 Å². The maximum absolute atomic E-state index is 13.6. The van der Waals surface area contributed by atoms with E-state index in [1.165, 1.54) is 31.0 Å². The van der Waals surface area contributed by atoms with Gasteiger partial charge in [-0.05, 0) is 45.1 Å². The van der Waals surface area contributed by atoms with Crippen LogP contribution in [0.15, 0.2) is 18.2 Å². The molecule has 0 radical (unpaired) electrons. The second-order valence-corrected chi connectivity index (χ2v) is 6.07. The highest BCUT2D eigenvalue weighted by Crippen LogP contribution is 2.33. The summed E-state index contributed by atoms with van der Waals surface area (Å²) in [5.41, 5.74) is -0.00514. The second-order valence-electron chi connectivity index (χ2n) is 5.63. The molecule has 110 valence electrons. The molecular weight excluding hydrogens is 279 g/mol. The van der Waals surface area contributed by atoms with Crippen molar-refractivity contribution in [1.29, 1.82) is 0 Å². The van der Waals surface area contributed by atoms with Crippen LogP contribution in [-0.2, 0) is 0 Å². The van der Waals surface area contributed by atoms with Gasteiger partial charge >= 0.3 is 0 Å². The Labute approximate surface area is 124 Å². The monoisotopic (exact) mass is 298 g/mol. The lowest BCUT2D eigenvalue weighted by molar-refractivity contribution is 0.0896. The predicted octanol–water partition coefficient (Wildman–Crippen LogP) is 3.08. The Morgan fingerprint density at radius 1 is 1.40 bits per heavy atom. The van der Waals surface area contributed by atoms with Crippen LogP contribution in [0.4, 0.5) is 4.39 Å². The molecule has 3 nitrogen and oxygen atoms in total. The van der Waals surface area contributed by atoms with Crippen molar-refractivity contribution in [3.63, 3.8) is 0 Å². The second kappa shape index (κ2) is 6.10. The van der Waals surface area contributed by atoms with E-state index in [-0.39, 0.29) is 11.1 Å². The number of nitrogens with one attached hydrogen (secondary N) is 1. The summed E-state index contributed by atoms with van der Waals surface area (Å²) < 4.78 is 13.6. The molecule has 5 heteroatoms. The average Bonchev–Trinajstić information content (AvgIpc) is 2.89. The van der Waals surface area contributed by atoms with Gasteiger partial charge in [-0.25, -0.2) is 4.39 Å². The van der Waals surface area contributed by atoms with Crippen molar-refractivity contribution in [2.45, 2.75) is 31.2 Å². The maximum atomic E-state index is 13.6. The smallest absolute Gasteiger partial charge is 0.254 e. The SMILES string of the molecule is CN(C)C1(CNC(=O)c2cc(Cl)ccc2F)CCCC1. The Hall–Kier alpha value is -1.13. The summed E-state index contributed by atoms with van der Waals surface area (Å²) in [6.07, 6.45) is 4.44. The van der Waals surface area contributed by atoms with Crippen molar-refractivity contribution in [3.8, 4) is 0 Å². The first-order valence-electron chi connectivity index (χ1n) is 6.85. The summed E-state index contributed by atoms with van der Waals surface area (Å²) in [6.45, 7) is 0.533. The first kappa shape index (κ1) is 15.3. The lowest BCUT2D eigenvalue weighted by Gasteiger charge is -2.36. The number of hydrogen-bond acceptors (Lipinski definition) is 2. The van der Waals surface area contributed by atoms with E-state index in [0.717, 1.165) is 12.8 Å². The van der Waals surface area contributed by atoms with E-state index in [1.807, 2.05) is 14.1 Å². The number of likely N-dealkylation sites (N-methyl/N-ethyl adjacent to an activating group) is 1. The van der Waals surface area contributed by atoms with Crippen LogP contribution in [0, 0.1) is 5.82 Å². The zero-order valence-corrected chi connectivity index (χ0v) is 12.6. The van der Waals surface area contributed by atoms with Crippen LogP contribution < -0.4 is 5.32 Å². The fraction of sp³-hybridized carbons (Fsp3) is 0.533. The molecule has 0 saturated heterocycles. The molecule has 0 heterocycles. The van der Waals surface area contributed by atoms with Gasteiger partial charge < -0.3 is 10.2 Å². The Morgan fingerprint density at radius 3 is 2.65 bits per heavy atom. The molecule has 20 heavy (non-hydrogen) atoms. The number of carbonyl (C=O) groups is 1. The van der Waals surface area contributed by atoms with Crippen LogP contribution in [0.3, 0.4) is 0 Å². The molecule has 1 fully saturated rings. The molecule has 0 unspecified atom stereocenters. The largest absolute Gasteiger partial charge is 0.350 e. The number of rotatable bonds is 4. The van der Waals surface area contributed by atoms with E-state index < -0.39 is 11.7 Å². The van der Waals surface area contributed by atoms with E-state index in [2.05, 4.69) is 10.2 Å². The summed E-state index contributed by atoms with van der Waals surface area (Å²) >= 11 is 5.81. The molecule has 1 N–H and O–H groups in total. The van der Waals surface area contributed by atoms with Crippen molar-refractivity contribution in [2.75, 3.05) is 20.6 Å². The Morgan fingerprint density at radius 2 is 2.05 bits per heavy atom. The van der Waals surface area contributed by atoms with Gasteiger partial charge in [-0.15, -0.1) is 0 Å². The summed E-state index contributed by atoms with van der Waals surface area (Å²) in [7, 11) is 4.05. The van der Waals surface area contributed by atoms with E-state index in [4.69, 9.17) is 11.6 Å². The van der Waals surface area contributed by atoms with Crippen molar-refractivity contribution < 1.29 is 9.18 Å². The van der Waals surface area contributed by atoms with Crippen LogP contribution in [0.5, 0.6) is 0 Å². The third-order valence-corrected chi connectivity index (χ3v) is 4.47. The summed E-state index contributed by atoms with van der Waals surface area (Å²) in [5, 5.41) is 3.21. The third kappa shape index (κ3) is 3.13. The normalized spacial score (nSPS) is 17.4. The maximum Gasteiger partial charge on any atom is 0.254 e. The molecule has 1 aliphatic carbocycles. The molecule has 0 bridgehead atoms. The Bertz CT molecular complexity index is 499.